The summed E-state index contributed by atoms with van der Waals surface area (Å²) in [4.78, 5) is 10.4. The minimum atomic E-state index is 0.311. The Morgan fingerprint density at radius 2 is 2.13 bits per heavy atom. The summed E-state index contributed by atoms with van der Waals surface area (Å²) in [6, 6.07) is 1.91. The molecule has 1 heterocycles. The molecule has 15 heavy (non-hydrogen) atoms. The predicted molar refractivity (Wildman–Crippen MR) is 64.2 cm³/mol. The maximum atomic E-state index is 5.63. The van der Waals surface area contributed by atoms with E-state index in [1.165, 1.54) is 0 Å². The van der Waals surface area contributed by atoms with Crippen LogP contribution in [0.5, 0.6) is 0 Å². The fraction of sp³-hybridized carbons (Fsp3) is 0.600. The Kier molecular flexibility index (Phi) is 4.15. The molecule has 3 N–H and O–H groups in total. The van der Waals surface area contributed by atoms with Gasteiger partial charge < -0.3 is 16.0 Å². The number of hydrogen-bond acceptors (Lipinski definition) is 5. The molecule has 5 heteroatoms. The normalized spacial score (nSPS) is 10.1. The highest BCUT2D eigenvalue weighted by Crippen LogP contribution is 2.15. The van der Waals surface area contributed by atoms with Crippen LogP contribution in [0.2, 0.25) is 0 Å². The molecule has 1 aromatic rings. The van der Waals surface area contributed by atoms with E-state index < -0.39 is 0 Å². The summed E-state index contributed by atoms with van der Waals surface area (Å²) in [5.41, 5.74) is 5.63. The minimum Gasteiger partial charge on any atom is -0.370 e. The summed E-state index contributed by atoms with van der Waals surface area (Å²) >= 11 is 0. The van der Waals surface area contributed by atoms with Gasteiger partial charge in [-0.15, -0.1) is 0 Å². The number of nitrogen functional groups attached to an aromatic ring is 1. The molecule has 0 atom stereocenters. The van der Waals surface area contributed by atoms with E-state index in [0.717, 1.165) is 31.1 Å². The van der Waals surface area contributed by atoms with E-state index in [9.17, 15) is 0 Å². The molecule has 0 fully saturated rings. The molecule has 0 spiro atoms. The molecule has 0 aromatic carbocycles. The van der Waals surface area contributed by atoms with Crippen molar-refractivity contribution in [1.29, 1.82) is 0 Å². The van der Waals surface area contributed by atoms with Crippen molar-refractivity contribution in [3.8, 4) is 0 Å². The van der Waals surface area contributed by atoms with Gasteiger partial charge in [-0.25, -0.2) is 0 Å². The number of aromatic nitrogens is 2. The number of nitrogens with one attached hydrogen (secondary N) is 1. The zero-order valence-electron chi connectivity index (χ0n) is 9.62. The van der Waals surface area contributed by atoms with E-state index in [2.05, 4.69) is 27.1 Å². The molecule has 0 saturated carbocycles. The summed E-state index contributed by atoms with van der Waals surface area (Å²) in [6.45, 7) is 5.94. The van der Waals surface area contributed by atoms with E-state index in [4.69, 9.17) is 5.73 Å². The Hall–Kier alpha value is -1.52. The van der Waals surface area contributed by atoms with E-state index in [-0.39, 0.29) is 0 Å². The topological polar surface area (TPSA) is 67.1 Å². The van der Waals surface area contributed by atoms with Crippen LogP contribution in [-0.2, 0) is 0 Å². The van der Waals surface area contributed by atoms with Crippen molar-refractivity contribution in [2.75, 3.05) is 36.1 Å². The van der Waals surface area contributed by atoms with Crippen LogP contribution in [0.25, 0.3) is 0 Å². The highest BCUT2D eigenvalue weighted by molar-refractivity contribution is 5.52. The Balaban J connectivity index is 2.87. The Morgan fingerprint density at radius 3 is 2.73 bits per heavy atom. The van der Waals surface area contributed by atoms with Gasteiger partial charge in [-0.1, -0.05) is 6.92 Å². The number of anilines is 3. The van der Waals surface area contributed by atoms with Gasteiger partial charge in [0.2, 0.25) is 5.95 Å². The summed E-state index contributed by atoms with van der Waals surface area (Å²) in [7, 11) is 2.00. The lowest BCUT2D eigenvalue weighted by Gasteiger charge is -2.18. The van der Waals surface area contributed by atoms with E-state index in [1.54, 1.807) is 0 Å². The molecule has 0 aliphatic carbocycles. The van der Waals surface area contributed by atoms with Crippen molar-refractivity contribution in [3.05, 3.63) is 6.07 Å². The molecule has 0 aliphatic heterocycles. The van der Waals surface area contributed by atoms with Crippen molar-refractivity contribution in [1.82, 2.24) is 9.97 Å². The van der Waals surface area contributed by atoms with E-state index in [0.29, 0.717) is 5.95 Å². The average molecular weight is 209 g/mol. The number of nitrogens with two attached hydrogens (primary N) is 1. The maximum absolute atomic E-state index is 5.63. The van der Waals surface area contributed by atoms with Crippen molar-refractivity contribution >= 4 is 17.6 Å². The highest BCUT2D eigenvalue weighted by atomic mass is 15.2. The van der Waals surface area contributed by atoms with Crippen LogP contribution in [0.4, 0.5) is 17.6 Å². The molecule has 0 amide bonds. The van der Waals surface area contributed by atoms with Crippen molar-refractivity contribution in [2.45, 2.75) is 20.3 Å². The minimum absolute atomic E-state index is 0.311. The molecule has 0 radical (unpaired) electrons. The summed E-state index contributed by atoms with van der Waals surface area (Å²) in [5.74, 6) is 1.95. The number of nitrogens with zero attached hydrogens (tertiary/aromatic N) is 3. The van der Waals surface area contributed by atoms with Gasteiger partial charge in [0.25, 0.3) is 0 Å². The SMILES string of the molecule is CCCN(C)c1cc(NCC)nc(N)n1. The lowest BCUT2D eigenvalue weighted by Crippen LogP contribution is -2.20. The Bertz CT molecular complexity index is 313. The summed E-state index contributed by atoms with van der Waals surface area (Å²) in [5, 5.41) is 3.13. The van der Waals surface area contributed by atoms with Gasteiger partial charge in [-0.05, 0) is 13.3 Å². The van der Waals surface area contributed by atoms with Crippen molar-refractivity contribution in [3.63, 3.8) is 0 Å². The molecule has 84 valence electrons. The van der Waals surface area contributed by atoms with Crippen molar-refractivity contribution in [2.24, 2.45) is 0 Å². The Labute approximate surface area is 90.7 Å². The van der Waals surface area contributed by atoms with Gasteiger partial charge in [0.1, 0.15) is 11.6 Å². The van der Waals surface area contributed by atoms with Gasteiger partial charge in [0.05, 0.1) is 0 Å². The fourth-order valence-corrected chi connectivity index (χ4v) is 1.37. The van der Waals surface area contributed by atoms with Crippen LogP contribution in [0, 0.1) is 0 Å². The average Bonchev–Trinajstić information content (AvgIpc) is 2.17. The van der Waals surface area contributed by atoms with Gasteiger partial charge in [0.15, 0.2) is 0 Å². The van der Waals surface area contributed by atoms with Crippen LogP contribution in [0.1, 0.15) is 20.3 Å². The first-order valence-corrected chi connectivity index (χ1v) is 5.27. The smallest absolute Gasteiger partial charge is 0.223 e. The van der Waals surface area contributed by atoms with Gasteiger partial charge in [0, 0.05) is 26.2 Å². The lowest BCUT2D eigenvalue weighted by atomic mass is 10.4. The molecule has 1 aromatic heterocycles. The van der Waals surface area contributed by atoms with Crippen molar-refractivity contribution < 1.29 is 0 Å². The Morgan fingerprint density at radius 1 is 1.40 bits per heavy atom. The second-order valence-corrected chi connectivity index (χ2v) is 3.42. The largest absolute Gasteiger partial charge is 0.370 e. The maximum Gasteiger partial charge on any atom is 0.223 e. The van der Waals surface area contributed by atoms with Crippen LogP contribution in [-0.4, -0.2) is 30.1 Å². The zero-order chi connectivity index (χ0) is 11.3. The van der Waals surface area contributed by atoms with Crippen LogP contribution in [0.3, 0.4) is 0 Å². The van der Waals surface area contributed by atoms with Crippen LogP contribution in [0.15, 0.2) is 6.07 Å². The first-order chi connectivity index (χ1) is 7.17. The van der Waals surface area contributed by atoms with E-state index >= 15 is 0 Å². The molecule has 0 bridgehead atoms. The summed E-state index contributed by atoms with van der Waals surface area (Å²) in [6.07, 6.45) is 1.08. The standard InChI is InChI=1S/C10H19N5/c1-4-6-15(3)9-7-8(12-5-2)13-10(11)14-9/h7H,4-6H2,1-3H3,(H3,11,12,13,14). The molecule has 0 aliphatic rings. The van der Waals surface area contributed by atoms with Crippen LogP contribution < -0.4 is 16.0 Å². The molecule has 0 saturated heterocycles. The first-order valence-electron chi connectivity index (χ1n) is 5.27. The number of hydrogen-bond donors (Lipinski definition) is 2. The predicted octanol–water partition coefficient (Wildman–Crippen LogP) is 1.34. The fourth-order valence-electron chi connectivity index (χ4n) is 1.37. The third kappa shape index (κ3) is 3.27. The lowest BCUT2D eigenvalue weighted by molar-refractivity contribution is 0.836. The first kappa shape index (κ1) is 11.6. The van der Waals surface area contributed by atoms with Gasteiger partial charge >= 0.3 is 0 Å². The third-order valence-electron chi connectivity index (χ3n) is 2.04. The monoisotopic (exact) mass is 209 g/mol. The van der Waals surface area contributed by atoms with E-state index in [1.807, 2.05) is 20.0 Å². The number of rotatable bonds is 5. The van der Waals surface area contributed by atoms with Gasteiger partial charge in [-0.2, -0.15) is 9.97 Å². The van der Waals surface area contributed by atoms with Crippen LogP contribution >= 0.6 is 0 Å². The highest BCUT2D eigenvalue weighted by Gasteiger charge is 2.05. The molecule has 5 nitrogen and oxygen atoms in total. The van der Waals surface area contributed by atoms with Gasteiger partial charge in [-0.3, -0.25) is 0 Å². The third-order valence-corrected chi connectivity index (χ3v) is 2.04. The molecular formula is C10H19N5. The quantitative estimate of drug-likeness (QED) is 0.766. The molecule has 0 unspecified atom stereocenters. The second-order valence-electron chi connectivity index (χ2n) is 3.42. The second kappa shape index (κ2) is 5.38. The molecule has 1 rings (SSSR count). The molecular weight excluding hydrogens is 190 g/mol. The summed E-state index contributed by atoms with van der Waals surface area (Å²) < 4.78 is 0. The zero-order valence-corrected chi connectivity index (χ0v) is 9.62.